The third kappa shape index (κ3) is 5.94. The number of fused-ring (bicyclic) bond motifs is 1. The van der Waals surface area contributed by atoms with E-state index in [0.717, 1.165) is 24.9 Å². The van der Waals surface area contributed by atoms with Crippen LogP contribution >= 0.6 is 11.8 Å². The first-order chi connectivity index (χ1) is 19.8. The zero-order chi connectivity index (χ0) is 30.9. The molecule has 1 aromatic carbocycles. The first-order valence-electron chi connectivity index (χ1n) is 15.3. The van der Waals surface area contributed by atoms with E-state index in [2.05, 4.69) is 47.8 Å². The van der Waals surface area contributed by atoms with E-state index in [4.69, 9.17) is 0 Å². The van der Waals surface area contributed by atoms with Gasteiger partial charge in [-0.15, -0.1) is 24.9 Å². The maximum atomic E-state index is 14.8. The number of aliphatic hydroxyl groups is 1. The number of unbranched alkanes of at least 4 members (excludes halogenated alkanes) is 1. The third-order valence-electron chi connectivity index (χ3n) is 9.04. The average Bonchev–Trinajstić information content (AvgIpc) is 3.56. The molecule has 3 saturated heterocycles. The number of aliphatic hydroxyl groups excluding tert-OH is 1. The number of anilines is 1. The number of rotatable bonds is 13. The second-order valence-corrected chi connectivity index (χ2v) is 15.5. The second-order valence-electron chi connectivity index (χ2n) is 13.9. The van der Waals surface area contributed by atoms with E-state index >= 15 is 0 Å². The summed E-state index contributed by atoms with van der Waals surface area (Å²) in [5, 5.41) is 9.48. The molecule has 2 unspecified atom stereocenters. The Morgan fingerprint density at radius 1 is 1.07 bits per heavy atom. The molecule has 0 saturated carbocycles. The van der Waals surface area contributed by atoms with Crippen LogP contribution in [0.4, 0.5) is 5.69 Å². The maximum absolute atomic E-state index is 14.8. The molecule has 3 fully saturated rings. The van der Waals surface area contributed by atoms with Gasteiger partial charge in [-0.3, -0.25) is 14.4 Å². The van der Waals surface area contributed by atoms with Crippen molar-refractivity contribution in [1.82, 2.24) is 9.80 Å². The van der Waals surface area contributed by atoms with E-state index in [-0.39, 0.29) is 35.0 Å². The molecule has 3 heterocycles. The number of carbonyl (C=O) groups is 3. The zero-order valence-corrected chi connectivity index (χ0v) is 26.9. The van der Waals surface area contributed by atoms with Gasteiger partial charge in [0.1, 0.15) is 6.04 Å². The molecule has 2 bridgehead atoms. The number of likely N-dealkylation sites (tertiary alicyclic amines) is 1. The predicted molar refractivity (Wildman–Crippen MR) is 171 cm³/mol. The summed E-state index contributed by atoms with van der Waals surface area (Å²) in [5.41, 5.74) is 0.298. The van der Waals surface area contributed by atoms with Crippen molar-refractivity contribution >= 4 is 35.2 Å². The predicted octanol–water partition coefficient (Wildman–Crippen LogP) is 5.30. The standard InChI is InChI=1S/C34H49N3O4S/c1-8-19-35(24-15-11-10-12-16-24)29(39)26-25-17-18-34(42-25)27(26)30(40)36(21-13-14-22-38)28(34)31(41)37(20-9-2)33(6,7)23-32(3,4)5/h8-12,15-16,25-28,38H,1-2,13-14,17-23H2,3-7H3/t25-,26+,27-,28?,34?/m0/s1. The van der Waals surface area contributed by atoms with E-state index in [1.807, 2.05) is 35.2 Å². The lowest BCUT2D eigenvalue weighted by atomic mass is 9.70. The lowest BCUT2D eigenvalue weighted by molar-refractivity contribution is -0.146. The number of benzene rings is 1. The molecule has 0 radical (unpaired) electrons. The quantitative estimate of drug-likeness (QED) is 0.247. The largest absolute Gasteiger partial charge is 0.396 e. The van der Waals surface area contributed by atoms with Crippen LogP contribution in [-0.2, 0) is 14.4 Å². The Morgan fingerprint density at radius 2 is 1.74 bits per heavy atom. The normalized spacial score (nSPS) is 26.7. The summed E-state index contributed by atoms with van der Waals surface area (Å²) in [5.74, 6) is -1.30. The minimum atomic E-state index is -0.662. The number of amides is 3. The molecule has 7 nitrogen and oxygen atoms in total. The fourth-order valence-electron chi connectivity index (χ4n) is 7.89. The van der Waals surface area contributed by atoms with Gasteiger partial charge in [0.05, 0.1) is 16.6 Å². The first-order valence-corrected chi connectivity index (χ1v) is 16.2. The molecule has 1 aromatic rings. The van der Waals surface area contributed by atoms with Gasteiger partial charge in [0.15, 0.2) is 0 Å². The minimum absolute atomic E-state index is 0.0134. The first kappa shape index (κ1) is 32.3. The summed E-state index contributed by atoms with van der Waals surface area (Å²) in [7, 11) is 0. The van der Waals surface area contributed by atoms with Crippen molar-refractivity contribution in [2.24, 2.45) is 17.3 Å². The van der Waals surface area contributed by atoms with Crippen LogP contribution in [0.3, 0.4) is 0 Å². The van der Waals surface area contributed by atoms with Crippen molar-refractivity contribution < 1.29 is 19.5 Å². The molecule has 4 rings (SSSR count). The number of nitrogens with zero attached hydrogens (tertiary/aromatic N) is 3. The van der Waals surface area contributed by atoms with Crippen LogP contribution < -0.4 is 4.90 Å². The Kier molecular flexibility index (Phi) is 9.68. The number of para-hydroxylation sites is 1. The van der Waals surface area contributed by atoms with Crippen LogP contribution in [0.1, 0.15) is 66.7 Å². The highest BCUT2D eigenvalue weighted by Crippen LogP contribution is 2.67. The zero-order valence-electron chi connectivity index (χ0n) is 26.1. The Morgan fingerprint density at radius 3 is 2.33 bits per heavy atom. The molecule has 3 aliphatic rings. The Balaban J connectivity index is 1.76. The van der Waals surface area contributed by atoms with Crippen LogP contribution in [0.15, 0.2) is 55.6 Å². The molecule has 1 spiro atoms. The van der Waals surface area contributed by atoms with Gasteiger partial charge < -0.3 is 19.8 Å². The topological polar surface area (TPSA) is 81.2 Å². The summed E-state index contributed by atoms with van der Waals surface area (Å²) in [6.45, 7) is 19.7. The molecule has 1 N–H and O–H groups in total. The van der Waals surface area contributed by atoms with E-state index in [1.54, 1.807) is 33.7 Å². The highest BCUT2D eigenvalue weighted by atomic mass is 32.2. The van der Waals surface area contributed by atoms with Crippen LogP contribution in [0.5, 0.6) is 0 Å². The fraction of sp³-hybridized carbons (Fsp3) is 0.618. The van der Waals surface area contributed by atoms with Crippen LogP contribution in [0, 0.1) is 17.3 Å². The molecule has 8 heteroatoms. The number of thioether (sulfide) groups is 1. The Hall–Kier alpha value is -2.58. The lowest BCUT2D eigenvalue weighted by Gasteiger charge is -2.46. The average molecular weight is 596 g/mol. The summed E-state index contributed by atoms with van der Waals surface area (Å²) in [6.07, 6.45) is 6.94. The van der Waals surface area contributed by atoms with Gasteiger partial charge in [0, 0.05) is 42.7 Å². The van der Waals surface area contributed by atoms with Crippen molar-refractivity contribution in [3.8, 4) is 0 Å². The van der Waals surface area contributed by atoms with E-state index < -0.39 is 28.2 Å². The van der Waals surface area contributed by atoms with Gasteiger partial charge in [-0.2, -0.15) is 0 Å². The molecule has 5 atom stereocenters. The van der Waals surface area contributed by atoms with E-state index in [1.165, 1.54) is 0 Å². The van der Waals surface area contributed by atoms with Crippen molar-refractivity contribution in [2.75, 3.05) is 31.1 Å². The number of carbonyl (C=O) groups excluding carboxylic acids is 3. The van der Waals surface area contributed by atoms with Crippen molar-refractivity contribution in [3.63, 3.8) is 0 Å². The van der Waals surface area contributed by atoms with Crippen molar-refractivity contribution in [3.05, 3.63) is 55.6 Å². The Bertz CT molecular complexity index is 1180. The highest BCUT2D eigenvalue weighted by molar-refractivity contribution is 8.02. The number of hydrogen-bond acceptors (Lipinski definition) is 5. The van der Waals surface area contributed by atoms with Gasteiger partial charge in [-0.05, 0) is 63.5 Å². The van der Waals surface area contributed by atoms with Gasteiger partial charge in [-0.25, -0.2) is 0 Å². The molecular formula is C34H49N3O4S. The van der Waals surface area contributed by atoms with Gasteiger partial charge >= 0.3 is 0 Å². The fourth-order valence-corrected chi connectivity index (χ4v) is 10.1. The summed E-state index contributed by atoms with van der Waals surface area (Å²) >= 11 is 1.70. The van der Waals surface area contributed by atoms with Gasteiger partial charge in [0.2, 0.25) is 17.7 Å². The molecule has 3 aliphatic heterocycles. The summed E-state index contributed by atoms with van der Waals surface area (Å²) in [4.78, 5) is 49.0. The molecule has 0 aliphatic carbocycles. The Labute approximate surface area is 256 Å². The van der Waals surface area contributed by atoms with Gasteiger partial charge in [-0.1, -0.05) is 51.1 Å². The highest BCUT2D eigenvalue weighted by Gasteiger charge is 2.74. The van der Waals surface area contributed by atoms with E-state index in [9.17, 15) is 19.5 Å². The summed E-state index contributed by atoms with van der Waals surface area (Å²) < 4.78 is -0.661. The van der Waals surface area contributed by atoms with Gasteiger partial charge in [0.25, 0.3) is 0 Å². The minimum Gasteiger partial charge on any atom is -0.396 e. The van der Waals surface area contributed by atoms with E-state index in [0.29, 0.717) is 32.5 Å². The monoisotopic (exact) mass is 595 g/mol. The lowest BCUT2D eigenvalue weighted by Crippen LogP contribution is -2.60. The molecular weight excluding hydrogens is 546 g/mol. The van der Waals surface area contributed by atoms with Crippen LogP contribution in [0.2, 0.25) is 0 Å². The molecule has 0 aromatic heterocycles. The third-order valence-corrected chi connectivity index (χ3v) is 11.0. The SMILES string of the molecule is C=CCN(C(=O)[C@@H]1[C@@H]2CCC3(S2)C(C(=O)N(CC=C)C(C)(C)CC(C)(C)C)N(CCCCO)C(=O)[C@H]13)c1ccccc1. The maximum Gasteiger partial charge on any atom is 0.247 e. The van der Waals surface area contributed by atoms with Crippen LogP contribution in [0.25, 0.3) is 0 Å². The molecule has 42 heavy (non-hydrogen) atoms. The number of hydrogen-bond donors (Lipinski definition) is 1. The molecule has 230 valence electrons. The van der Waals surface area contributed by atoms with Crippen molar-refractivity contribution in [1.29, 1.82) is 0 Å². The smallest absolute Gasteiger partial charge is 0.247 e. The second kappa shape index (κ2) is 12.6. The molecule has 3 amide bonds. The summed E-state index contributed by atoms with van der Waals surface area (Å²) in [6, 6.07) is 8.88. The van der Waals surface area contributed by atoms with Crippen molar-refractivity contribution in [2.45, 2.75) is 88.3 Å². The van der Waals surface area contributed by atoms with Crippen LogP contribution in [-0.4, -0.2) is 80.4 Å².